The van der Waals surface area contributed by atoms with Crippen molar-refractivity contribution in [3.05, 3.63) is 29.8 Å². The number of hydrogen-bond donors (Lipinski definition) is 2. The van der Waals surface area contributed by atoms with Gasteiger partial charge in [0.05, 0.1) is 0 Å². The lowest BCUT2D eigenvalue weighted by molar-refractivity contribution is -0.121. The van der Waals surface area contributed by atoms with Crippen LogP contribution >= 0.6 is 0 Å². The van der Waals surface area contributed by atoms with Gasteiger partial charge in [0.15, 0.2) is 0 Å². The Morgan fingerprint density at radius 1 is 1.28 bits per heavy atom. The molecule has 5 heteroatoms. The van der Waals surface area contributed by atoms with Gasteiger partial charge in [-0.2, -0.15) is 0 Å². The van der Waals surface area contributed by atoms with Gasteiger partial charge in [0, 0.05) is 50.9 Å². The van der Waals surface area contributed by atoms with Crippen molar-refractivity contribution in [1.82, 2.24) is 15.5 Å². The average molecular weight is 345 g/mol. The lowest BCUT2D eigenvalue weighted by atomic mass is 10.1. The van der Waals surface area contributed by atoms with Gasteiger partial charge in [0.2, 0.25) is 5.91 Å². The van der Waals surface area contributed by atoms with Crippen molar-refractivity contribution in [3.63, 3.8) is 0 Å². The minimum absolute atomic E-state index is 0.198. The number of benzene rings is 1. The second kappa shape index (κ2) is 9.20. The summed E-state index contributed by atoms with van der Waals surface area (Å²) in [5, 5.41) is 6.45. The zero-order valence-corrected chi connectivity index (χ0v) is 15.5. The number of aryl methyl sites for hydroxylation is 1. The SMILES string of the molecule is Cc1cccc(N2CCN(CCCNC(=O)CC3CCCN3)CC2)c1. The average Bonchev–Trinajstić information content (AvgIpc) is 3.12. The van der Waals surface area contributed by atoms with Crippen LogP contribution in [-0.2, 0) is 4.79 Å². The monoisotopic (exact) mass is 344 g/mol. The van der Waals surface area contributed by atoms with Crippen LogP contribution in [0, 0.1) is 6.92 Å². The van der Waals surface area contributed by atoms with Gasteiger partial charge >= 0.3 is 0 Å². The number of carbonyl (C=O) groups excluding carboxylic acids is 1. The molecule has 5 nitrogen and oxygen atoms in total. The summed E-state index contributed by atoms with van der Waals surface area (Å²) in [4.78, 5) is 16.9. The molecule has 1 unspecified atom stereocenters. The molecule has 138 valence electrons. The lowest BCUT2D eigenvalue weighted by Crippen LogP contribution is -2.47. The lowest BCUT2D eigenvalue weighted by Gasteiger charge is -2.36. The minimum Gasteiger partial charge on any atom is -0.369 e. The number of piperazine rings is 1. The third-order valence-electron chi connectivity index (χ3n) is 5.31. The molecule has 0 spiro atoms. The summed E-state index contributed by atoms with van der Waals surface area (Å²) in [5.74, 6) is 0.198. The summed E-state index contributed by atoms with van der Waals surface area (Å²) in [6, 6.07) is 9.16. The molecule has 2 fully saturated rings. The first-order valence-electron chi connectivity index (χ1n) is 9.75. The summed E-state index contributed by atoms with van der Waals surface area (Å²) in [5.41, 5.74) is 2.66. The van der Waals surface area contributed by atoms with Gasteiger partial charge in [-0.05, 0) is 57.0 Å². The van der Waals surface area contributed by atoms with Crippen LogP contribution in [0.5, 0.6) is 0 Å². The summed E-state index contributed by atoms with van der Waals surface area (Å²) < 4.78 is 0. The van der Waals surface area contributed by atoms with Crippen LogP contribution in [0.2, 0.25) is 0 Å². The zero-order chi connectivity index (χ0) is 17.5. The van der Waals surface area contributed by atoms with E-state index in [2.05, 4.69) is 51.6 Å². The summed E-state index contributed by atoms with van der Waals surface area (Å²) in [6.45, 7) is 9.46. The smallest absolute Gasteiger partial charge is 0.221 e. The van der Waals surface area contributed by atoms with Gasteiger partial charge in [0.25, 0.3) is 0 Å². The molecule has 0 saturated carbocycles. The van der Waals surface area contributed by atoms with Crippen molar-refractivity contribution < 1.29 is 4.79 Å². The van der Waals surface area contributed by atoms with E-state index < -0.39 is 0 Å². The molecule has 0 aliphatic carbocycles. The van der Waals surface area contributed by atoms with Crippen molar-refractivity contribution >= 4 is 11.6 Å². The Bertz CT molecular complexity index is 548. The van der Waals surface area contributed by atoms with Crippen LogP contribution in [-0.4, -0.2) is 62.7 Å². The zero-order valence-electron chi connectivity index (χ0n) is 15.5. The van der Waals surface area contributed by atoms with E-state index in [9.17, 15) is 4.79 Å². The first-order valence-corrected chi connectivity index (χ1v) is 9.75. The van der Waals surface area contributed by atoms with Crippen LogP contribution < -0.4 is 15.5 Å². The van der Waals surface area contributed by atoms with Crippen molar-refractivity contribution in [2.45, 2.75) is 38.6 Å². The molecule has 1 amide bonds. The van der Waals surface area contributed by atoms with Crippen LogP contribution in [0.25, 0.3) is 0 Å². The third kappa shape index (κ3) is 5.72. The predicted molar refractivity (Wildman–Crippen MR) is 103 cm³/mol. The number of amides is 1. The normalized spacial score (nSPS) is 21.5. The molecular weight excluding hydrogens is 312 g/mol. The molecule has 3 rings (SSSR count). The second-order valence-electron chi connectivity index (χ2n) is 7.37. The van der Waals surface area contributed by atoms with Gasteiger partial charge in [-0.3, -0.25) is 9.69 Å². The topological polar surface area (TPSA) is 47.6 Å². The minimum atomic E-state index is 0.198. The molecule has 2 N–H and O–H groups in total. The number of anilines is 1. The Balaban J connectivity index is 1.28. The largest absolute Gasteiger partial charge is 0.369 e. The van der Waals surface area contributed by atoms with Gasteiger partial charge in [-0.1, -0.05) is 12.1 Å². The maximum absolute atomic E-state index is 11.9. The number of nitrogens with one attached hydrogen (secondary N) is 2. The molecule has 0 bridgehead atoms. The van der Waals surface area contributed by atoms with Gasteiger partial charge in [-0.25, -0.2) is 0 Å². The van der Waals surface area contributed by atoms with E-state index in [-0.39, 0.29) is 5.91 Å². The Morgan fingerprint density at radius 2 is 2.12 bits per heavy atom. The second-order valence-corrected chi connectivity index (χ2v) is 7.37. The Morgan fingerprint density at radius 3 is 2.84 bits per heavy atom. The molecule has 1 atom stereocenters. The van der Waals surface area contributed by atoms with E-state index in [4.69, 9.17) is 0 Å². The van der Waals surface area contributed by atoms with Crippen LogP contribution in [0.1, 0.15) is 31.2 Å². The Hall–Kier alpha value is -1.59. The highest BCUT2D eigenvalue weighted by Crippen LogP contribution is 2.17. The maximum atomic E-state index is 11.9. The van der Waals surface area contributed by atoms with E-state index >= 15 is 0 Å². The number of carbonyl (C=O) groups is 1. The predicted octanol–water partition coefficient (Wildman–Crippen LogP) is 1.77. The molecule has 2 heterocycles. The number of nitrogens with zero attached hydrogens (tertiary/aromatic N) is 2. The first kappa shape index (κ1) is 18.2. The Kier molecular flexibility index (Phi) is 6.70. The van der Waals surface area contributed by atoms with E-state index in [0.717, 1.165) is 58.7 Å². The molecule has 1 aromatic carbocycles. The highest BCUT2D eigenvalue weighted by Gasteiger charge is 2.18. The van der Waals surface area contributed by atoms with E-state index in [0.29, 0.717) is 12.5 Å². The van der Waals surface area contributed by atoms with Crippen LogP contribution in [0.15, 0.2) is 24.3 Å². The number of hydrogen-bond acceptors (Lipinski definition) is 4. The molecule has 2 saturated heterocycles. The summed E-state index contributed by atoms with van der Waals surface area (Å²) in [7, 11) is 0. The number of rotatable bonds is 7. The van der Waals surface area contributed by atoms with E-state index in [1.165, 1.54) is 17.7 Å². The van der Waals surface area contributed by atoms with Crippen molar-refractivity contribution in [2.24, 2.45) is 0 Å². The third-order valence-corrected chi connectivity index (χ3v) is 5.31. The molecule has 0 aromatic heterocycles. The standard InChI is InChI=1S/C20H32N4O/c1-17-5-2-7-19(15-17)24-13-11-23(12-14-24)10-4-9-22-20(25)16-18-6-3-8-21-18/h2,5,7,15,18,21H,3-4,6,8-14,16H2,1H3,(H,22,25). The molecule has 2 aliphatic rings. The highest BCUT2D eigenvalue weighted by atomic mass is 16.1. The van der Waals surface area contributed by atoms with Crippen LogP contribution in [0.3, 0.4) is 0 Å². The van der Waals surface area contributed by atoms with Gasteiger partial charge < -0.3 is 15.5 Å². The van der Waals surface area contributed by atoms with E-state index in [1.54, 1.807) is 0 Å². The van der Waals surface area contributed by atoms with Gasteiger partial charge in [-0.15, -0.1) is 0 Å². The molecular formula is C20H32N4O. The fourth-order valence-electron chi connectivity index (χ4n) is 3.81. The Labute approximate surface area is 151 Å². The van der Waals surface area contributed by atoms with Crippen molar-refractivity contribution in [3.8, 4) is 0 Å². The highest BCUT2D eigenvalue weighted by molar-refractivity contribution is 5.76. The summed E-state index contributed by atoms with van der Waals surface area (Å²) >= 11 is 0. The fourth-order valence-corrected chi connectivity index (χ4v) is 3.81. The molecule has 1 aromatic rings. The molecule has 0 radical (unpaired) electrons. The van der Waals surface area contributed by atoms with Gasteiger partial charge in [0.1, 0.15) is 0 Å². The van der Waals surface area contributed by atoms with Crippen molar-refractivity contribution in [1.29, 1.82) is 0 Å². The van der Waals surface area contributed by atoms with Crippen molar-refractivity contribution in [2.75, 3.05) is 50.7 Å². The van der Waals surface area contributed by atoms with Crippen LogP contribution in [0.4, 0.5) is 5.69 Å². The quantitative estimate of drug-likeness (QED) is 0.740. The first-order chi connectivity index (χ1) is 12.2. The fraction of sp³-hybridized carbons (Fsp3) is 0.650. The maximum Gasteiger partial charge on any atom is 0.221 e. The molecule has 2 aliphatic heterocycles. The van der Waals surface area contributed by atoms with E-state index in [1.807, 2.05) is 0 Å². The molecule has 25 heavy (non-hydrogen) atoms. The summed E-state index contributed by atoms with van der Waals surface area (Å²) in [6.07, 6.45) is 4.01.